The number of ether oxygens (including phenoxy) is 1. The molecular weight excluding hydrogens is 278 g/mol. The van der Waals surface area contributed by atoms with Crippen LogP contribution in [0.4, 0.5) is 0 Å². The number of pyridine rings is 1. The van der Waals surface area contributed by atoms with E-state index in [1.54, 1.807) is 48.6 Å². The molecule has 0 saturated carbocycles. The van der Waals surface area contributed by atoms with Gasteiger partial charge in [-0.05, 0) is 36.2 Å². The van der Waals surface area contributed by atoms with Crippen LogP contribution in [0.2, 0.25) is 0 Å². The van der Waals surface area contributed by atoms with E-state index in [0.717, 1.165) is 12.0 Å². The summed E-state index contributed by atoms with van der Waals surface area (Å²) in [5.41, 5.74) is 1.60. The highest BCUT2D eigenvalue weighted by atomic mass is 16.5. The highest BCUT2D eigenvalue weighted by Crippen LogP contribution is 2.21. The molecule has 0 fully saturated rings. The molecule has 0 aliphatic rings. The molecule has 112 valence electrons. The monoisotopic (exact) mass is 295 g/mol. The summed E-state index contributed by atoms with van der Waals surface area (Å²) in [6.07, 6.45) is 5.90. The second kappa shape index (κ2) is 5.97. The Morgan fingerprint density at radius 3 is 2.86 bits per heavy atom. The molecule has 0 bridgehead atoms. The predicted octanol–water partition coefficient (Wildman–Crippen LogP) is 2.80. The van der Waals surface area contributed by atoms with Gasteiger partial charge in [0.2, 0.25) is 0 Å². The topological polar surface area (TPSA) is 57.0 Å². The minimum absolute atomic E-state index is 0.0698. The van der Waals surface area contributed by atoms with Gasteiger partial charge in [-0.1, -0.05) is 13.0 Å². The van der Waals surface area contributed by atoms with Gasteiger partial charge in [-0.3, -0.25) is 14.3 Å². The van der Waals surface area contributed by atoms with Crippen LogP contribution in [0, 0.1) is 0 Å². The number of fused-ring (bicyclic) bond motifs is 1. The molecular formula is C17H17N3O2. The summed E-state index contributed by atoms with van der Waals surface area (Å²) in [7, 11) is 1.58. The number of methoxy groups -OCH3 is 1. The summed E-state index contributed by atoms with van der Waals surface area (Å²) in [4.78, 5) is 21.4. The SMILES string of the molecule is CCC(c1cccnc1)n1cnc2ccc(OC)cc2c1=O. The molecule has 1 unspecified atom stereocenters. The number of hydrogen-bond acceptors (Lipinski definition) is 4. The van der Waals surface area contributed by atoms with Gasteiger partial charge >= 0.3 is 0 Å². The molecule has 0 aliphatic heterocycles. The molecule has 3 aromatic rings. The van der Waals surface area contributed by atoms with Gasteiger partial charge in [-0.25, -0.2) is 4.98 Å². The van der Waals surface area contributed by atoms with E-state index in [9.17, 15) is 4.79 Å². The Labute approximate surface area is 128 Å². The van der Waals surface area contributed by atoms with Crippen molar-refractivity contribution < 1.29 is 4.74 Å². The molecule has 0 amide bonds. The summed E-state index contributed by atoms with van der Waals surface area (Å²) in [5.74, 6) is 0.651. The van der Waals surface area contributed by atoms with Crippen molar-refractivity contribution in [1.82, 2.24) is 14.5 Å². The van der Waals surface area contributed by atoms with E-state index >= 15 is 0 Å². The van der Waals surface area contributed by atoms with Crippen LogP contribution in [-0.4, -0.2) is 21.6 Å². The van der Waals surface area contributed by atoms with Crippen molar-refractivity contribution in [2.24, 2.45) is 0 Å². The first-order valence-corrected chi connectivity index (χ1v) is 7.19. The van der Waals surface area contributed by atoms with Gasteiger partial charge in [-0.2, -0.15) is 0 Å². The Morgan fingerprint density at radius 2 is 2.18 bits per heavy atom. The molecule has 0 spiro atoms. The molecule has 0 N–H and O–H groups in total. The van der Waals surface area contributed by atoms with Gasteiger partial charge in [0.1, 0.15) is 5.75 Å². The Balaban J connectivity index is 2.18. The standard InChI is InChI=1S/C17H17N3O2/c1-3-16(12-5-4-8-18-10-12)20-11-19-15-7-6-13(22-2)9-14(15)17(20)21/h4-11,16H,3H2,1-2H3. The van der Waals surface area contributed by atoms with Gasteiger partial charge in [0.25, 0.3) is 5.56 Å². The molecule has 22 heavy (non-hydrogen) atoms. The maximum atomic E-state index is 12.8. The van der Waals surface area contributed by atoms with Crippen molar-refractivity contribution >= 4 is 10.9 Å². The number of aromatic nitrogens is 3. The molecule has 2 heterocycles. The molecule has 0 aliphatic carbocycles. The molecule has 0 radical (unpaired) electrons. The van der Waals surface area contributed by atoms with E-state index in [0.29, 0.717) is 16.7 Å². The Kier molecular flexibility index (Phi) is 3.87. The minimum Gasteiger partial charge on any atom is -0.497 e. The zero-order chi connectivity index (χ0) is 15.5. The van der Waals surface area contributed by atoms with Crippen molar-refractivity contribution in [3.8, 4) is 5.75 Å². The second-order valence-corrected chi connectivity index (χ2v) is 5.05. The minimum atomic E-state index is -0.0794. The van der Waals surface area contributed by atoms with Crippen LogP contribution >= 0.6 is 0 Å². The fourth-order valence-corrected chi connectivity index (χ4v) is 2.63. The number of benzene rings is 1. The predicted molar refractivity (Wildman–Crippen MR) is 85.2 cm³/mol. The lowest BCUT2D eigenvalue weighted by atomic mass is 10.1. The second-order valence-electron chi connectivity index (χ2n) is 5.05. The van der Waals surface area contributed by atoms with Crippen molar-refractivity contribution in [3.63, 3.8) is 0 Å². The molecule has 5 nitrogen and oxygen atoms in total. The first-order chi connectivity index (χ1) is 10.7. The number of hydrogen-bond donors (Lipinski definition) is 0. The normalized spacial score (nSPS) is 12.3. The maximum absolute atomic E-state index is 12.8. The van der Waals surface area contributed by atoms with Crippen LogP contribution in [0.15, 0.2) is 53.8 Å². The van der Waals surface area contributed by atoms with Crippen LogP contribution in [0.5, 0.6) is 5.75 Å². The summed E-state index contributed by atoms with van der Waals surface area (Å²) < 4.78 is 6.87. The van der Waals surface area contributed by atoms with Gasteiger partial charge in [0.15, 0.2) is 0 Å². The van der Waals surface area contributed by atoms with Crippen molar-refractivity contribution in [2.45, 2.75) is 19.4 Å². The van der Waals surface area contributed by atoms with E-state index in [1.165, 1.54) is 0 Å². The third-order valence-corrected chi connectivity index (χ3v) is 3.78. The average molecular weight is 295 g/mol. The fraction of sp³-hybridized carbons (Fsp3) is 0.235. The van der Waals surface area contributed by atoms with E-state index in [4.69, 9.17) is 4.74 Å². The maximum Gasteiger partial charge on any atom is 0.261 e. The van der Waals surface area contributed by atoms with Crippen LogP contribution in [0.1, 0.15) is 24.9 Å². The highest BCUT2D eigenvalue weighted by molar-refractivity contribution is 5.78. The van der Waals surface area contributed by atoms with Gasteiger partial charge in [0, 0.05) is 12.4 Å². The lowest BCUT2D eigenvalue weighted by Gasteiger charge is -2.18. The summed E-state index contributed by atoms with van der Waals surface area (Å²) >= 11 is 0. The van der Waals surface area contributed by atoms with E-state index in [-0.39, 0.29) is 11.6 Å². The molecule has 0 saturated heterocycles. The van der Waals surface area contributed by atoms with E-state index < -0.39 is 0 Å². The summed E-state index contributed by atoms with van der Waals surface area (Å²) in [5, 5.41) is 0.559. The number of rotatable bonds is 4. The van der Waals surface area contributed by atoms with Gasteiger partial charge in [-0.15, -0.1) is 0 Å². The van der Waals surface area contributed by atoms with Crippen LogP contribution in [0.3, 0.4) is 0 Å². The zero-order valence-corrected chi connectivity index (χ0v) is 12.6. The van der Waals surface area contributed by atoms with Gasteiger partial charge < -0.3 is 4.74 Å². The largest absolute Gasteiger partial charge is 0.497 e. The fourth-order valence-electron chi connectivity index (χ4n) is 2.63. The van der Waals surface area contributed by atoms with Crippen molar-refractivity contribution in [3.05, 3.63) is 65.0 Å². The van der Waals surface area contributed by atoms with Crippen molar-refractivity contribution in [2.75, 3.05) is 7.11 Å². The van der Waals surface area contributed by atoms with Crippen LogP contribution in [0.25, 0.3) is 10.9 Å². The van der Waals surface area contributed by atoms with E-state index in [1.807, 2.05) is 19.1 Å². The Hall–Kier alpha value is -2.69. The van der Waals surface area contributed by atoms with E-state index in [2.05, 4.69) is 9.97 Å². The zero-order valence-electron chi connectivity index (χ0n) is 12.6. The highest BCUT2D eigenvalue weighted by Gasteiger charge is 2.15. The molecule has 3 rings (SSSR count). The van der Waals surface area contributed by atoms with Crippen LogP contribution in [-0.2, 0) is 0 Å². The summed E-state index contributed by atoms with van der Waals surface area (Å²) in [6, 6.07) is 9.10. The third kappa shape index (κ3) is 2.45. The Morgan fingerprint density at radius 1 is 1.32 bits per heavy atom. The smallest absolute Gasteiger partial charge is 0.261 e. The molecule has 1 atom stereocenters. The first kappa shape index (κ1) is 14.3. The summed E-state index contributed by atoms with van der Waals surface area (Å²) in [6.45, 7) is 2.04. The molecule has 1 aromatic carbocycles. The lowest BCUT2D eigenvalue weighted by molar-refractivity contribution is 0.415. The Bertz CT molecular complexity index is 843. The van der Waals surface area contributed by atoms with Gasteiger partial charge in [0.05, 0.1) is 30.4 Å². The quantitative estimate of drug-likeness (QED) is 0.742. The first-order valence-electron chi connectivity index (χ1n) is 7.19. The average Bonchev–Trinajstić information content (AvgIpc) is 2.58. The van der Waals surface area contributed by atoms with Crippen molar-refractivity contribution in [1.29, 1.82) is 0 Å². The molecule has 2 aromatic heterocycles. The number of nitrogens with zero attached hydrogens (tertiary/aromatic N) is 3. The van der Waals surface area contributed by atoms with Crippen LogP contribution < -0.4 is 10.3 Å². The lowest BCUT2D eigenvalue weighted by Crippen LogP contribution is -2.25. The third-order valence-electron chi connectivity index (χ3n) is 3.78. The molecule has 5 heteroatoms.